The summed E-state index contributed by atoms with van der Waals surface area (Å²) in [6.45, 7) is 10.1. The van der Waals surface area contributed by atoms with Crippen LogP contribution in [0.1, 0.15) is 75.7 Å². The second-order valence-electron chi connectivity index (χ2n) is 10.7. The van der Waals surface area contributed by atoms with Crippen LogP contribution < -0.4 is 5.48 Å². The first kappa shape index (κ1) is 25.2. The number of piperidine rings is 2. The third-order valence-electron chi connectivity index (χ3n) is 7.22. The number of amides is 2. The minimum atomic E-state index is -0.632. The van der Waals surface area contributed by atoms with Gasteiger partial charge in [-0.05, 0) is 55.4 Å². The van der Waals surface area contributed by atoms with Gasteiger partial charge in [-0.25, -0.2) is 4.79 Å². The molecule has 2 fully saturated rings. The zero-order valence-corrected chi connectivity index (χ0v) is 21.3. The molecule has 0 aromatic heterocycles. The van der Waals surface area contributed by atoms with Crippen LogP contribution in [0.4, 0.5) is 0 Å². The summed E-state index contributed by atoms with van der Waals surface area (Å²) >= 11 is 0. The Labute approximate surface area is 207 Å². The third-order valence-corrected chi connectivity index (χ3v) is 7.22. The van der Waals surface area contributed by atoms with E-state index in [1.165, 1.54) is 5.56 Å². The van der Waals surface area contributed by atoms with Crippen LogP contribution in [-0.4, -0.2) is 65.5 Å². The molecule has 3 aliphatic heterocycles. The number of ether oxygens (including phenoxy) is 1. The maximum atomic E-state index is 13.2. The van der Waals surface area contributed by atoms with Crippen LogP contribution in [0.5, 0.6) is 0 Å². The molecule has 1 atom stereocenters. The highest BCUT2D eigenvalue weighted by atomic mass is 16.7. The fraction of sp³-hybridized carbons (Fsp3) is 0.593. The topological polar surface area (TPSA) is 88.2 Å². The lowest BCUT2D eigenvalue weighted by Crippen LogP contribution is -2.50. The Morgan fingerprint density at radius 1 is 1.06 bits per heavy atom. The summed E-state index contributed by atoms with van der Waals surface area (Å²) in [6, 6.07) is 7.28. The van der Waals surface area contributed by atoms with Crippen molar-refractivity contribution in [3.05, 3.63) is 47.2 Å². The molecule has 1 spiro atoms. The van der Waals surface area contributed by atoms with E-state index in [1.807, 2.05) is 35.2 Å². The van der Waals surface area contributed by atoms with Crippen molar-refractivity contribution in [2.75, 3.05) is 26.2 Å². The number of carbonyl (C=O) groups is 3. The van der Waals surface area contributed by atoms with Crippen molar-refractivity contribution < 1.29 is 24.0 Å². The molecule has 190 valence electrons. The predicted octanol–water partition coefficient (Wildman–Crippen LogP) is 3.32. The molecule has 0 bridgehead atoms. The van der Waals surface area contributed by atoms with Gasteiger partial charge in [0, 0.05) is 38.0 Å². The van der Waals surface area contributed by atoms with E-state index in [2.05, 4.69) is 26.3 Å². The number of carbonyl (C=O) groups excluding carboxylic acids is 3. The molecular formula is C27H37N3O5. The van der Waals surface area contributed by atoms with Crippen molar-refractivity contribution in [3.63, 3.8) is 0 Å². The van der Waals surface area contributed by atoms with Gasteiger partial charge in [-0.1, -0.05) is 32.9 Å². The van der Waals surface area contributed by atoms with Gasteiger partial charge in [0.25, 0.3) is 11.8 Å². The van der Waals surface area contributed by atoms with Crippen LogP contribution in [-0.2, 0) is 24.6 Å². The van der Waals surface area contributed by atoms with Crippen molar-refractivity contribution >= 4 is 17.8 Å². The maximum Gasteiger partial charge on any atom is 0.328 e. The minimum Gasteiger partial charge on any atom is -0.464 e. The van der Waals surface area contributed by atoms with E-state index in [9.17, 15) is 14.4 Å². The second-order valence-corrected chi connectivity index (χ2v) is 10.7. The number of nitrogens with zero attached hydrogens (tertiary/aromatic N) is 2. The van der Waals surface area contributed by atoms with Crippen LogP contribution in [0.15, 0.2) is 36.0 Å². The Morgan fingerprint density at radius 3 is 2.37 bits per heavy atom. The third kappa shape index (κ3) is 5.37. The van der Waals surface area contributed by atoms with Crippen molar-refractivity contribution in [1.82, 2.24) is 15.3 Å². The highest BCUT2D eigenvalue weighted by Crippen LogP contribution is 2.34. The average Bonchev–Trinajstić information content (AvgIpc) is 3.26. The summed E-state index contributed by atoms with van der Waals surface area (Å²) in [6.07, 6.45) is 5.37. The molecule has 4 rings (SSSR count). The first-order valence-electron chi connectivity index (χ1n) is 12.7. The first-order chi connectivity index (χ1) is 16.6. The number of rotatable bonds is 4. The van der Waals surface area contributed by atoms with Crippen LogP contribution in [0.2, 0.25) is 0 Å². The fourth-order valence-corrected chi connectivity index (χ4v) is 5.03. The molecule has 1 aromatic rings. The number of hydrogen-bond donors (Lipinski definition) is 1. The van der Waals surface area contributed by atoms with E-state index in [4.69, 9.17) is 9.57 Å². The lowest BCUT2D eigenvalue weighted by molar-refractivity contribution is -0.156. The standard InChI is InChI=1S/C27H37N3O5/c1-5-34-25(33)22-8-6-7-15-30(22)24(32)21-18-27(35-28-21)13-16-29(17-14-27)23(31)19-9-11-20(12-10-19)26(2,3)4/h9-12,18,22,28H,5-8,13-17H2,1-4H3. The molecule has 3 aliphatic rings. The molecule has 1 N–H and O–H groups in total. The van der Waals surface area contributed by atoms with Gasteiger partial charge in [-0.15, -0.1) is 0 Å². The molecule has 35 heavy (non-hydrogen) atoms. The summed E-state index contributed by atoms with van der Waals surface area (Å²) in [5.74, 6) is -0.577. The van der Waals surface area contributed by atoms with Gasteiger partial charge in [-0.3, -0.25) is 19.9 Å². The maximum absolute atomic E-state index is 13.2. The molecular weight excluding hydrogens is 446 g/mol. The number of benzene rings is 1. The molecule has 0 radical (unpaired) electrons. The van der Waals surface area contributed by atoms with Crippen LogP contribution >= 0.6 is 0 Å². The average molecular weight is 484 g/mol. The Bertz CT molecular complexity index is 987. The van der Waals surface area contributed by atoms with E-state index >= 15 is 0 Å². The number of nitrogens with one attached hydrogen (secondary N) is 1. The normalized spacial score (nSPS) is 21.9. The zero-order valence-electron chi connectivity index (χ0n) is 21.3. The van der Waals surface area contributed by atoms with Gasteiger partial charge in [-0.2, -0.15) is 0 Å². The monoisotopic (exact) mass is 483 g/mol. The number of esters is 1. The molecule has 8 heteroatoms. The van der Waals surface area contributed by atoms with E-state index < -0.39 is 11.6 Å². The van der Waals surface area contributed by atoms with Gasteiger partial charge < -0.3 is 14.5 Å². The molecule has 3 heterocycles. The van der Waals surface area contributed by atoms with E-state index in [0.717, 1.165) is 12.8 Å². The molecule has 8 nitrogen and oxygen atoms in total. The minimum absolute atomic E-state index is 0.0112. The first-order valence-corrected chi connectivity index (χ1v) is 12.7. The summed E-state index contributed by atoms with van der Waals surface area (Å²) < 4.78 is 5.19. The number of likely N-dealkylation sites (tertiary alicyclic amines) is 2. The predicted molar refractivity (Wildman–Crippen MR) is 131 cm³/mol. The Kier molecular flexibility index (Phi) is 7.22. The molecule has 2 amide bonds. The molecule has 0 aliphatic carbocycles. The largest absolute Gasteiger partial charge is 0.464 e. The Hall–Kier alpha value is -2.87. The van der Waals surface area contributed by atoms with Crippen molar-refractivity contribution in [3.8, 4) is 0 Å². The quantitative estimate of drug-likeness (QED) is 0.661. The van der Waals surface area contributed by atoms with E-state index in [-0.39, 0.29) is 23.2 Å². The van der Waals surface area contributed by atoms with Crippen LogP contribution in [0.3, 0.4) is 0 Å². The van der Waals surface area contributed by atoms with Crippen LogP contribution in [0.25, 0.3) is 0 Å². The Morgan fingerprint density at radius 2 is 1.74 bits per heavy atom. The SMILES string of the molecule is CCOC(=O)C1CCCCN1C(=O)C1=CC2(CCN(C(=O)c3ccc(C(C)(C)C)cc3)CC2)ON1. The summed E-state index contributed by atoms with van der Waals surface area (Å²) in [7, 11) is 0. The van der Waals surface area contributed by atoms with Crippen molar-refractivity contribution in [2.24, 2.45) is 0 Å². The number of hydrogen-bond acceptors (Lipinski definition) is 6. The fourth-order valence-electron chi connectivity index (χ4n) is 5.03. The highest BCUT2D eigenvalue weighted by molar-refractivity contribution is 5.96. The van der Waals surface area contributed by atoms with Gasteiger partial charge in [0.2, 0.25) is 0 Å². The van der Waals surface area contributed by atoms with Gasteiger partial charge >= 0.3 is 5.97 Å². The summed E-state index contributed by atoms with van der Waals surface area (Å²) in [4.78, 5) is 48.0. The van der Waals surface area contributed by atoms with E-state index in [0.29, 0.717) is 56.8 Å². The van der Waals surface area contributed by atoms with Crippen molar-refractivity contribution in [2.45, 2.75) is 76.9 Å². The number of hydroxylamine groups is 1. The zero-order chi connectivity index (χ0) is 25.2. The second kappa shape index (κ2) is 10.0. The highest BCUT2D eigenvalue weighted by Gasteiger charge is 2.43. The Balaban J connectivity index is 1.39. The lowest BCUT2D eigenvalue weighted by Gasteiger charge is -2.36. The smallest absolute Gasteiger partial charge is 0.328 e. The van der Waals surface area contributed by atoms with Crippen LogP contribution in [0, 0.1) is 0 Å². The van der Waals surface area contributed by atoms with Crippen molar-refractivity contribution in [1.29, 1.82) is 0 Å². The lowest BCUT2D eigenvalue weighted by atomic mass is 9.86. The van der Waals surface area contributed by atoms with Gasteiger partial charge in [0.05, 0.1) is 6.61 Å². The molecule has 1 aromatic carbocycles. The van der Waals surface area contributed by atoms with E-state index in [1.54, 1.807) is 11.8 Å². The van der Waals surface area contributed by atoms with Gasteiger partial charge in [0.15, 0.2) is 0 Å². The van der Waals surface area contributed by atoms with Gasteiger partial charge in [0.1, 0.15) is 17.3 Å². The molecule has 1 unspecified atom stereocenters. The molecule has 2 saturated heterocycles. The summed E-state index contributed by atoms with van der Waals surface area (Å²) in [5.41, 5.74) is 4.46. The molecule has 0 saturated carbocycles. The summed E-state index contributed by atoms with van der Waals surface area (Å²) in [5, 5.41) is 0.